The first-order valence-electron chi connectivity index (χ1n) is 4.03. The molecular formula is C8H12Br2N2S. The number of halogens is 2. The lowest BCUT2D eigenvalue weighted by Gasteiger charge is -2.00. The summed E-state index contributed by atoms with van der Waals surface area (Å²) < 4.78 is 2.31. The van der Waals surface area contributed by atoms with E-state index in [-0.39, 0.29) is 0 Å². The molecular weight excluding hydrogens is 316 g/mol. The van der Waals surface area contributed by atoms with Gasteiger partial charge in [0.1, 0.15) is 0 Å². The van der Waals surface area contributed by atoms with E-state index in [1.54, 1.807) is 11.3 Å². The zero-order valence-electron chi connectivity index (χ0n) is 7.36. The van der Waals surface area contributed by atoms with Gasteiger partial charge in [0.25, 0.3) is 0 Å². The average Bonchev–Trinajstić information content (AvgIpc) is 2.41. The third kappa shape index (κ3) is 4.08. The molecule has 0 aliphatic carbocycles. The van der Waals surface area contributed by atoms with Crippen molar-refractivity contribution in [3.63, 3.8) is 0 Å². The van der Waals surface area contributed by atoms with Crippen LogP contribution < -0.4 is 10.6 Å². The van der Waals surface area contributed by atoms with E-state index in [0.717, 1.165) is 27.9 Å². The Morgan fingerprint density at radius 1 is 1.38 bits per heavy atom. The molecule has 0 aliphatic heterocycles. The van der Waals surface area contributed by atoms with Crippen molar-refractivity contribution in [1.29, 1.82) is 0 Å². The van der Waals surface area contributed by atoms with Gasteiger partial charge in [-0.1, -0.05) is 0 Å². The van der Waals surface area contributed by atoms with E-state index >= 15 is 0 Å². The van der Waals surface area contributed by atoms with Gasteiger partial charge in [-0.3, -0.25) is 0 Å². The molecule has 0 saturated heterocycles. The first kappa shape index (κ1) is 11.7. The maximum atomic E-state index is 3.47. The van der Waals surface area contributed by atoms with Gasteiger partial charge in [-0.15, -0.1) is 11.3 Å². The van der Waals surface area contributed by atoms with Crippen LogP contribution in [-0.4, -0.2) is 20.1 Å². The zero-order valence-corrected chi connectivity index (χ0v) is 11.4. The van der Waals surface area contributed by atoms with Crippen molar-refractivity contribution in [2.45, 2.75) is 6.54 Å². The van der Waals surface area contributed by atoms with Gasteiger partial charge in [-0.05, 0) is 45.0 Å². The van der Waals surface area contributed by atoms with E-state index in [2.05, 4.69) is 48.6 Å². The minimum atomic E-state index is 0.941. The largest absolute Gasteiger partial charge is 0.318 e. The van der Waals surface area contributed by atoms with Crippen LogP contribution in [0.25, 0.3) is 0 Å². The average molecular weight is 328 g/mol. The summed E-state index contributed by atoms with van der Waals surface area (Å²) in [6.07, 6.45) is 0. The lowest BCUT2D eigenvalue weighted by atomic mass is 10.4. The maximum absolute atomic E-state index is 3.47. The van der Waals surface area contributed by atoms with Crippen molar-refractivity contribution >= 4 is 43.2 Å². The summed E-state index contributed by atoms with van der Waals surface area (Å²) in [6, 6.07) is 2.14. The van der Waals surface area contributed by atoms with Crippen molar-refractivity contribution in [3.8, 4) is 0 Å². The van der Waals surface area contributed by atoms with E-state index in [1.165, 1.54) is 4.88 Å². The van der Waals surface area contributed by atoms with Gasteiger partial charge in [0.05, 0.1) is 3.79 Å². The molecule has 0 fully saturated rings. The lowest BCUT2D eigenvalue weighted by Crippen LogP contribution is -2.24. The summed E-state index contributed by atoms with van der Waals surface area (Å²) >= 11 is 8.69. The zero-order chi connectivity index (χ0) is 9.68. The van der Waals surface area contributed by atoms with Crippen LogP contribution >= 0.6 is 43.2 Å². The SMILES string of the molecule is CNCCNCc1cc(Br)c(Br)s1. The molecule has 1 heterocycles. The molecule has 0 unspecified atom stereocenters. The fourth-order valence-corrected chi connectivity index (χ4v) is 3.05. The predicted octanol–water partition coefficient (Wildman–Crippen LogP) is 2.58. The molecule has 0 amide bonds. The second kappa shape index (κ2) is 6.14. The van der Waals surface area contributed by atoms with Gasteiger partial charge >= 0.3 is 0 Å². The van der Waals surface area contributed by atoms with Crippen molar-refractivity contribution in [2.24, 2.45) is 0 Å². The van der Waals surface area contributed by atoms with Crippen LogP contribution in [0.2, 0.25) is 0 Å². The first-order chi connectivity index (χ1) is 6.24. The van der Waals surface area contributed by atoms with Crippen LogP contribution in [0.4, 0.5) is 0 Å². The van der Waals surface area contributed by atoms with E-state index in [9.17, 15) is 0 Å². The summed E-state index contributed by atoms with van der Waals surface area (Å²) in [6.45, 7) is 2.95. The van der Waals surface area contributed by atoms with Crippen molar-refractivity contribution in [2.75, 3.05) is 20.1 Å². The summed E-state index contributed by atoms with van der Waals surface area (Å²) in [5.74, 6) is 0. The Labute approximate surface area is 99.4 Å². The quantitative estimate of drug-likeness (QED) is 0.812. The highest BCUT2D eigenvalue weighted by Gasteiger charge is 2.02. The van der Waals surface area contributed by atoms with Crippen molar-refractivity contribution < 1.29 is 0 Å². The number of nitrogens with one attached hydrogen (secondary N) is 2. The monoisotopic (exact) mass is 326 g/mol. The Kier molecular flexibility index (Phi) is 5.50. The summed E-state index contributed by atoms with van der Waals surface area (Å²) in [4.78, 5) is 1.34. The molecule has 2 nitrogen and oxygen atoms in total. The molecule has 0 spiro atoms. The standard InChI is InChI=1S/C8H12Br2N2S/c1-11-2-3-12-5-6-4-7(9)8(10)13-6/h4,11-12H,2-3,5H2,1H3. The van der Waals surface area contributed by atoms with Crippen molar-refractivity contribution in [3.05, 3.63) is 19.2 Å². The lowest BCUT2D eigenvalue weighted by molar-refractivity contribution is 0.655. The number of rotatable bonds is 5. The van der Waals surface area contributed by atoms with Gasteiger partial charge in [0.2, 0.25) is 0 Å². The molecule has 0 radical (unpaired) electrons. The molecule has 74 valence electrons. The highest BCUT2D eigenvalue weighted by molar-refractivity contribution is 9.13. The fraction of sp³-hybridized carbons (Fsp3) is 0.500. The van der Waals surface area contributed by atoms with Gasteiger partial charge < -0.3 is 10.6 Å². The number of hydrogen-bond acceptors (Lipinski definition) is 3. The van der Waals surface area contributed by atoms with Crippen molar-refractivity contribution in [1.82, 2.24) is 10.6 Å². The second-order valence-electron chi connectivity index (χ2n) is 2.61. The highest BCUT2D eigenvalue weighted by atomic mass is 79.9. The fourth-order valence-electron chi connectivity index (χ4n) is 0.903. The van der Waals surface area contributed by atoms with Crippen LogP contribution in [-0.2, 0) is 6.54 Å². The molecule has 0 aromatic carbocycles. The number of thiophene rings is 1. The molecule has 2 N–H and O–H groups in total. The molecule has 1 rings (SSSR count). The molecule has 1 aromatic rings. The summed E-state index contributed by atoms with van der Waals surface area (Å²) in [7, 11) is 1.96. The Balaban J connectivity index is 2.29. The number of likely N-dealkylation sites (N-methyl/N-ethyl adjacent to an activating group) is 1. The normalized spacial score (nSPS) is 10.7. The van der Waals surface area contributed by atoms with Crippen LogP contribution in [0, 0.1) is 0 Å². The van der Waals surface area contributed by atoms with Crippen LogP contribution in [0.5, 0.6) is 0 Å². The van der Waals surface area contributed by atoms with Crippen LogP contribution in [0.1, 0.15) is 4.88 Å². The summed E-state index contributed by atoms with van der Waals surface area (Å²) in [5, 5.41) is 6.44. The van der Waals surface area contributed by atoms with E-state index < -0.39 is 0 Å². The topological polar surface area (TPSA) is 24.1 Å². The molecule has 0 bridgehead atoms. The minimum Gasteiger partial charge on any atom is -0.318 e. The molecule has 0 atom stereocenters. The third-order valence-electron chi connectivity index (χ3n) is 1.55. The van der Waals surface area contributed by atoms with Gasteiger partial charge in [-0.2, -0.15) is 0 Å². The first-order valence-corrected chi connectivity index (χ1v) is 6.43. The maximum Gasteiger partial charge on any atom is 0.0843 e. The predicted molar refractivity (Wildman–Crippen MR) is 65.4 cm³/mol. The molecule has 13 heavy (non-hydrogen) atoms. The molecule has 1 aromatic heterocycles. The smallest absolute Gasteiger partial charge is 0.0843 e. The Morgan fingerprint density at radius 2 is 2.15 bits per heavy atom. The Morgan fingerprint density at radius 3 is 2.69 bits per heavy atom. The minimum absolute atomic E-state index is 0.941. The Bertz CT molecular complexity index is 243. The molecule has 5 heteroatoms. The third-order valence-corrected chi connectivity index (χ3v) is 4.80. The van der Waals surface area contributed by atoms with E-state index in [0.29, 0.717) is 0 Å². The second-order valence-corrected chi connectivity index (χ2v) is 5.92. The Hall–Kier alpha value is 0.580. The highest BCUT2D eigenvalue weighted by Crippen LogP contribution is 2.32. The molecule has 0 aliphatic rings. The van der Waals surface area contributed by atoms with Gasteiger partial charge in [0.15, 0.2) is 0 Å². The van der Waals surface area contributed by atoms with Gasteiger partial charge in [-0.25, -0.2) is 0 Å². The van der Waals surface area contributed by atoms with E-state index in [1.807, 2.05) is 7.05 Å². The molecule has 0 saturated carbocycles. The van der Waals surface area contributed by atoms with Gasteiger partial charge in [0, 0.05) is 29.0 Å². The van der Waals surface area contributed by atoms with Crippen LogP contribution in [0.3, 0.4) is 0 Å². The van der Waals surface area contributed by atoms with E-state index in [4.69, 9.17) is 0 Å². The summed E-state index contributed by atoms with van der Waals surface area (Å²) in [5.41, 5.74) is 0. The number of hydrogen-bond donors (Lipinski definition) is 2. The van der Waals surface area contributed by atoms with Crippen LogP contribution in [0.15, 0.2) is 14.3 Å².